The van der Waals surface area contributed by atoms with Gasteiger partial charge in [-0.15, -0.1) is 24.0 Å². The normalized spacial score (nSPS) is 21.5. The van der Waals surface area contributed by atoms with Crippen LogP contribution in [0.3, 0.4) is 0 Å². The van der Waals surface area contributed by atoms with E-state index in [9.17, 15) is 5.11 Å². The van der Waals surface area contributed by atoms with Crippen molar-refractivity contribution in [2.45, 2.75) is 71.3 Å². The maximum absolute atomic E-state index is 9.38. The van der Waals surface area contributed by atoms with Gasteiger partial charge in [-0.2, -0.15) is 0 Å². The zero-order valence-electron chi connectivity index (χ0n) is 18.9. The van der Waals surface area contributed by atoms with Crippen LogP contribution in [0.25, 0.3) is 0 Å². The van der Waals surface area contributed by atoms with E-state index in [0.717, 1.165) is 64.7 Å². The molecule has 0 radical (unpaired) electrons. The molecule has 2 aliphatic rings. The Kier molecular flexibility index (Phi) is 13.7. The van der Waals surface area contributed by atoms with Crippen molar-refractivity contribution in [1.29, 1.82) is 0 Å². The molecule has 1 heterocycles. The van der Waals surface area contributed by atoms with Crippen LogP contribution in [0.1, 0.15) is 65.7 Å². The minimum atomic E-state index is 0. The third-order valence-corrected chi connectivity index (χ3v) is 6.24. The van der Waals surface area contributed by atoms with Gasteiger partial charge in [0.1, 0.15) is 0 Å². The van der Waals surface area contributed by atoms with Crippen molar-refractivity contribution in [3.8, 4) is 0 Å². The predicted octanol–water partition coefficient (Wildman–Crippen LogP) is 3.24. The molecule has 1 saturated carbocycles. The molecule has 2 rings (SSSR count). The molecule has 29 heavy (non-hydrogen) atoms. The number of halogens is 1. The van der Waals surface area contributed by atoms with Gasteiger partial charge in [-0.1, -0.05) is 33.1 Å². The maximum Gasteiger partial charge on any atom is 0.191 e. The minimum Gasteiger partial charge on any atom is -0.396 e. The summed E-state index contributed by atoms with van der Waals surface area (Å²) in [6.45, 7) is 13.2. The number of morpholine rings is 1. The lowest BCUT2D eigenvalue weighted by Gasteiger charge is -2.47. The third kappa shape index (κ3) is 9.27. The fraction of sp³-hybridized carbons (Fsp3) is 0.955. The molecule has 1 atom stereocenters. The first kappa shape index (κ1) is 26.9. The zero-order chi connectivity index (χ0) is 20.2. The van der Waals surface area contributed by atoms with Gasteiger partial charge >= 0.3 is 0 Å². The molecule has 3 N–H and O–H groups in total. The van der Waals surface area contributed by atoms with Crippen molar-refractivity contribution >= 4 is 29.9 Å². The Morgan fingerprint density at radius 2 is 1.83 bits per heavy atom. The summed E-state index contributed by atoms with van der Waals surface area (Å²) in [7, 11) is 0. The second kappa shape index (κ2) is 14.8. The van der Waals surface area contributed by atoms with Crippen LogP contribution in [-0.4, -0.2) is 74.0 Å². The molecule has 1 aliphatic carbocycles. The van der Waals surface area contributed by atoms with Gasteiger partial charge in [0.15, 0.2) is 5.96 Å². The fourth-order valence-corrected chi connectivity index (χ4v) is 4.78. The lowest BCUT2D eigenvalue weighted by Crippen LogP contribution is -2.56. The summed E-state index contributed by atoms with van der Waals surface area (Å²) < 4.78 is 5.60. The third-order valence-electron chi connectivity index (χ3n) is 6.24. The maximum atomic E-state index is 9.38. The van der Waals surface area contributed by atoms with Crippen LogP contribution in [0.4, 0.5) is 0 Å². The Morgan fingerprint density at radius 3 is 2.41 bits per heavy atom. The fourth-order valence-electron chi connectivity index (χ4n) is 4.78. The molecule has 0 amide bonds. The van der Waals surface area contributed by atoms with Gasteiger partial charge in [0.2, 0.25) is 0 Å². The minimum absolute atomic E-state index is 0. The topological polar surface area (TPSA) is 69.1 Å². The van der Waals surface area contributed by atoms with Crippen molar-refractivity contribution in [3.63, 3.8) is 0 Å². The Bertz CT molecular complexity index is 450. The summed E-state index contributed by atoms with van der Waals surface area (Å²) in [6, 6.07) is 0. The molecule has 172 valence electrons. The molecular weight excluding hydrogens is 479 g/mol. The van der Waals surface area contributed by atoms with Crippen LogP contribution >= 0.6 is 24.0 Å². The van der Waals surface area contributed by atoms with Gasteiger partial charge in [-0.05, 0) is 44.4 Å². The van der Waals surface area contributed by atoms with Crippen LogP contribution in [-0.2, 0) is 4.74 Å². The summed E-state index contributed by atoms with van der Waals surface area (Å²) >= 11 is 0. The zero-order valence-corrected chi connectivity index (χ0v) is 21.2. The first-order chi connectivity index (χ1) is 13.6. The van der Waals surface area contributed by atoms with E-state index < -0.39 is 0 Å². The number of hydrogen-bond acceptors (Lipinski definition) is 4. The lowest BCUT2D eigenvalue weighted by molar-refractivity contribution is -0.0333. The van der Waals surface area contributed by atoms with Crippen molar-refractivity contribution in [2.75, 3.05) is 52.5 Å². The van der Waals surface area contributed by atoms with Gasteiger partial charge in [0.25, 0.3) is 0 Å². The van der Waals surface area contributed by atoms with Crippen molar-refractivity contribution in [1.82, 2.24) is 15.5 Å². The van der Waals surface area contributed by atoms with E-state index in [1.54, 1.807) is 0 Å². The molecule has 1 aliphatic heterocycles. The van der Waals surface area contributed by atoms with E-state index in [1.807, 2.05) is 0 Å². The lowest BCUT2D eigenvalue weighted by atomic mass is 9.80. The molecule has 6 nitrogen and oxygen atoms in total. The van der Waals surface area contributed by atoms with E-state index in [-0.39, 0.29) is 36.1 Å². The second-order valence-corrected chi connectivity index (χ2v) is 8.97. The number of hydrogen-bond donors (Lipinski definition) is 3. The van der Waals surface area contributed by atoms with Crippen LogP contribution in [0.5, 0.6) is 0 Å². The van der Waals surface area contributed by atoms with Crippen molar-refractivity contribution in [2.24, 2.45) is 16.8 Å². The number of guanidine groups is 1. The molecule has 0 aromatic rings. The monoisotopic (exact) mass is 524 g/mol. The van der Waals surface area contributed by atoms with E-state index >= 15 is 0 Å². The SMILES string of the molecule is CCNC(=NCC1(N2CCOCC2)CCCCC1)NCC(CCO)CC(C)C.I. The highest BCUT2D eigenvalue weighted by molar-refractivity contribution is 14.0. The highest BCUT2D eigenvalue weighted by atomic mass is 127. The van der Waals surface area contributed by atoms with Crippen LogP contribution in [0, 0.1) is 11.8 Å². The molecule has 7 heteroatoms. The molecule has 1 saturated heterocycles. The standard InChI is InChI=1S/C22H44N4O2.HI/c1-4-23-21(24-17-20(8-13-27)16-19(2)3)25-18-22(9-6-5-7-10-22)26-11-14-28-15-12-26;/h19-20,27H,4-18H2,1-3H3,(H2,23,24,25);1H. The number of nitrogens with zero attached hydrogens (tertiary/aromatic N) is 2. The number of ether oxygens (including phenoxy) is 1. The van der Waals surface area contributed by atoms with Gasteiger partial charge in [0, 0.05) is 38.3 Å². The van der Waals surface area contributed by atoms with E-state index in [0.29, 0.717) is 11.8 Å². The Balaban J connectivity index is 0.00000420. The molecule has 1 unspecified atom stereocenters. The summed E-state index contributed by atoms with van der Waals surface area (Å²) in [5.41, 5.74) is 0.201. The first-order valence-electron chi connectivity index (χ1n) is 11.6. The highest BCUT2D eigenvalue weighted by Crippen LogP contribution is 2.34. The quantitative estimate of drug-likeness (QED) is 0.233. The Morgan fingerprint density at radius 1 is 1.14 bits per heavy atom. The number of aliphatic hydroxyl groups is 1. The van der Waals surface area contributed by atoms with Gasteiger partial charge in [-0.3, -0.25) is 9.89 Å². The Hall–Kier alpha value is -0.120. The smallest absolute Gasteiger partial charge is 0.191 e. The molecule has 2 fully saturated rings. The average molecular weight is 525 g/mol. The van der Waals surface area contributed by atoms with Crippen LogP contribution in [0.15, 0.2) is 4.99 Å². The summed E-state index contributed by atoms with van der Waals surface area (Å²) in [4.78, 5) is 7.69. The molecule has 0 aromatic carbocycles. The predicted molar refractivity (Wildman–Crippen MR) is 132 cm³/mol. The van der Waals surface area contributed by atoms with Gasteiger partial charge < -0.3 is 20.5 Å². The first-order valence-corrected chi connectivity index (χ1v) is 11.6. The van der Waals surface area contributed by atoms with E-state index in [4.69, 9.17) is 9.73 Å². The number of aliphatic hydroxyl groups excluding tert-OH is 1. The summed E-state index contributed by atoms with van der Waals surface area (Å²) in [5, 5.41) is 16.4. The van der Waals surface area contributed by atoms with E-state index in [1.165, 1.54) is 32.1 Å². The number of nitrogens with one attached hydrogen (secondary N) is 2. The molecular formula is C22H45IN4O2. The number of aliphatic imine (C=N–C) groups is 1. The second-order valence-electron chi connectivity index (χ2n) is 8.97. The molecule has 0 bridgehead atoms. The van der Waals surface area contributed by atoms with Gasteiger partial charge in [0.05, 0.1) is 19.8 Å². The van der Waals surface area contributed by atoms with Crippen molar-refractivity contribution in [3.05, 3.63) is 0 Å². The molecule has 0 aromatic heterocycles. The largest absolute Gasteiger partial charge is 0.396 e. The average Bonchev–Trinajstić information content (AvgIpc) is 2.71. The Labute approximate surface area is 195 Å². The van der Waals surface area contributed by atoms with Crippen molar-refractivity contribution < 1.29 is 9.84 Å². The number of rotatable bonds is 10. The molecule has 0 spiro atoms. The summed E-state index contributed by atoms with van der Waals surface area (Å²) in [6.07, 6.45) is 8.44. The van der Waals surface area contributed by atoms with Crippen LogP contribution < -0.4 is 10.6 Å². The van der Waals surface area contributed by atoms with Crippen LogP contribution in [0.2, 0.25) is 0 Å². The van der Waals surface area contributed by atoms with Gasteiger partial charge in [-0.25, -0.2) is 0 Å². The summed E-state index contributed by atoms with van der Waals surface area (Å²) in [5.74, 6) is 2.05. The highest BCUT2D eigenvalue weighted by Gasteiger charge is 2.38. The van der Waals surface area contributed by atoms with E-state index in [2.05, 4.69) is 36.3 Å².